The van der Waals surface area contributed by atoms with Crippen molar-refractivity contribution in [3.05, 3.63) is 0 Å². The highest BCUT2D eigenvalue weighted by molar-refractivity contribution is 7.99. The third-order valence-corrected chi connectivity index (χ3v) is 2.26. The van der Waals surface area contributed by atoms with E-state index in [1.54, 1.807) is 0 Å². The highest BCUT2D eigenvalue weighted by Crippen LogP contribution is 2.16. The van der Waals surface area contributed by atoms with Gasteiger partial charge in [0.05, 0.1) is 13.7 Å². The summed E-state index contributed by atoms with van der Waals surface area (Å²) in [6.07, 6.45) is 0. The summed E-state index contributed by atoms with van der Waals surface area (Å²) in [6.45, 7) is 2.78. The molecule has 7 heteroatoms. The van der Waals surface area contributed by atoms with Gasteiger partial charge in [0.1, 0.15) is 0 Å². The minimum absolute atomic E-state index is 0.0925. The van der Waals surface area contributed by atoms with E-state index >= 15 is 0 Å². The number of aliphatic hydroxyl groups is 1. The van der Waals surface area contributed by atoms with Gasteiger partial charge < -0.3 is 15.2 Å². The highest BCUT2D eigenvalue weighted by atomic mass is 32.2. The van der Waals surface area contributed by atoms with E-state index in [-0.39, 0.29) is 12.6 Å². The fraction of sp³-hybridized carbons (Fsp3) is 0.625. The Balaban J connectivity index is 2.79. The first-order chi connectivity index (χ1) is 7.30. The molecule has 15 heavy (non-hydrogen) atoms. The zero-order chi connectivity index (χ0) is 11.1. The third-order valence-electron chi connectivity index (χ3n) is 1.43. The zero-order valence-electron chi connectivity index (χ0n) is 8.73. The molecule has 0 saturated heterocycles. The molecular formula is C8H14N4O2S. The average molecular weight is 230 g/mol. The van der Waals surface area contributed by atoms with Gasteiger partial charge in [-0.1, -0.05) is 11.8 Å². The van der Waals surface area contributed by atoms with E-state index in [1.807, 2.05) is 6.92 Å². The summed E-state index contributed by atoms with van der Waals surface area (Å²) in [7, 11) is 1.51. The van der Waals surface area contributed by atoms with Gasteiger partial charge in [-0.25, -0.2) is 0 Å². The molecule has 0 atom stereocenters. The van der Waals surface area contributed by atoms with Crippen LogP contribution < -0.4 is 10.1 Å². The highest BCUT2D eigenvalue weighted by Gasteiger charge is 2.05. The van der Waals surface area contributed by atoms with Crippen LogP contribution in [0.3, 0.4) is 0 Å². The largest absolute Gasteiger partial charge is 0.467 e. The molecule has 6 nitrogen and oxygen atoms in total. The number of aliphatic hydroxyl groups excluding tert-OH is 1. The normalized spacial score (nSPS) is 10.1. The molecule has 0 aliphatic carbocycles. The molecule has 0 fully saturated rings. The topological polar surface area (TPSA) is 80.2 Å². The lowest BCUT2D eigenvalue weighted by Gasteiger charge is -2.05. The van der Waals surface area contributed by atoms with Crippen LogP contribution in [0.2, 0.25) is 0 Å². The summed E-state index contributed by atoms with van der Waals surface area (Å²) in [5.74, 6) is 1.04. The van der Waals surface area contributed by atoms with Crippen molar-refractivity contribution in [3.8, 4) is 6.01 Å². The molecule has 1 heterocycles. The number of thioether (sulfide) groups is 1. The second-order valence-corrected chi connectivity index (χ2v) is 3.59. The third kappa shape index (κ3) is 3.88. The molecule has 0 amide bonds. The van der Waals surface area contributed by atoms with Crippen molar-refractivity contribution < 1.29 is 9.84 Å². The van der Waals surface area contributed by atoms with Crippen molar-refractivity contribution >= 4 is 17.7 Å². The smallest absolute Gasteiger partial charge is 0.321 e. The van der Waals surface area contributed by atoms with Crippen molar-refractivity contribution in [2.24, 2.45) is 0 Å². The van der Waals surface area contributed by atoms with Gasteiger partial charge in [-0.2, -0.15) is 15.0 Å². The molecule has 1 aromatic heterocycles. The van der Waals surface area contributed by atoms with Gasteiger partial charge in [-0.3, -0.25) is 0 Å². The molecule has 0 aliphatic heterocycles. The van der Waals surface area contributed by atoms with Gasteiger partial charge in [0.15, 0.2) is 5.16 Å². The summed E-state index contributed by atoms with van der Waals surface area (Å²) in [5.41, 5.74) is 0. The van der Waals surface area contributed by atoms with Crippen LogP contribution in [0.1, 0.15) is 6.92 Å². The number of anilines is 1. The fourth-order valence-corrected chi connectivity index (χ4v) is 1.44. The van der Waals surface area contributed by atoms with Gasteiger partial charge in [0.25, 0.3) is 0 Å². The van der Waals surface area contributed by atoms with Gasteiger partial charge >= 0.3 is 6.01 Å². The van der Waals surface area contributed by atoms with Gasteiger partial charge in [-0.05, 0) is 6.92 Å². The fourth-order valence-electron chi connectivity index (χ4n) is 0.868. The Morgan fingerprint density at radius 3 is 2.80 bits per heavy atom. The quantitative estimate of drug-likeness (QED) is 0.684. The van der Waals surface area contributed by atoms with Crippen LogP contribution in [0, 0.1) is 0 Å². The van der Waals surface area contributed by atoms with Crippen LogP contribution in [0.25, 0.3) is 0 Å². The maximum atomic E-state index is 8.69. The zero-order valence-corrected chi connectivity index (χ0v) is 9.54. The Morgan fingerprint density at radius 2 is 2.20 bits per heavy atom. The molecule has 0 unspecified atom stereocenters. The van der Waals surface area contributed by atoms with E-state index in [0.717, 1.165) is 6.54 Å². The molecule has 1 rings (SSSR count). The van der Waals surface area contributed by atoms with E-state index in [2.05, 4.69) is 20.3 Å². The maximum absolute atomic E-state index is 8.69. The van der Waals surface area contributed by atoms with Crippen LogP contribution >= 0.6 is 11.8 Å². The van der Waals surface area contributed by atoms with E-state index in [9.17, 15) is 0 Å². The molecule has 0 radical (unpaired) electrons. The lowest BCUT2D eigenvalue weighted by Crippen LogP contribution is -2.06. The number of aromatic nitrogens is 3. The Hall–Kier alpha value is -1.08. The lowest BCUT2D eigenvalue weighted by atomic mass is 10.7. The number of nitrogens with one attached hydrogen (secondary N) is 1. The molecule has 0 aromatic carbocycles. The van der Waals surface area contributed by atoms with Gasteiger partial charge in [0.2, 0.25) is 5.95 Å². The summed E-state index contributed by atoms with van der Waals surface area (Å²) < 4.78 is 4.94. The van der Waals surface area contributed by atoms with Crippen LogP contribution in [-0.2, 0) is 0 Å². The summed E-state index contributed by atoms with van der Waals surface area (Å²) in [6, 6.07) is 0.279. The van der Waals surface area contributed by atoms with Gasteiger partial charge in [0, 0.05) is 12.3 Å². The Bertz CT molecular complexity index is 311. The Labute approximate surface area is 92.5 Å². The number of ether oxygens (including phenoxy) is 1. The Morgan fingerprint density at radius 1 is 1.40 bits per heavy atom. The molecule has 0 bridgehead atoms. The second kappa shape index (κ2) is 6.41. The van der Waals surface area contributed by atoms with Crippen LogP contribution in [0.4, 0.5) is 5.95 Å². The van der Waals surface area contributed by atoms with Crippen molar-refractivity contribution in [3.63, 3.8) is 0 Å². The first-order valence-corrected chi connectivity index (χ1v) is 5.56. The van der Waals surface area contributed by atoms with Gasteiger partial charge in [-0.15, -0.1) is 0 Å². The molecule has 84 valence electrons. The first-order valence-electron chi connectivity index (χ1n) is 4.57. The average Bonchev–Trinajstić information content (AvgIpc) is 2.26. The van der Waals surface area contributed by atoms with Crippen molar-refractivity contribution in [1.29, 1.82) is 0 Å². The van der Waals surface area contributed by atoms with E-state index in [4.69, 9.17) is 9.84 Å². The summed E-state index contributed by atoms with van der Waals surface area (Å²) >= 11 is 1.36. The minimum Gasteiger partial charge on any atom is -0.467 e. The number of nitrogens with zero attached hydrogens (tertiary/aromatic N) is 3. The molecule has 0 spiro atoms. The number of hydrogen-bond acceptors (Lipinski definition) is 7. The van der Waals surface area contributed by atoms with E-state index < -0.39 is 0 Å². The van der Waals surface area contributed by atoms with E-state index in [0.29, 0.717) is 16.9 Å². The summed E-state index contributed by atoms with van der Waals surface area (Å²) in [4.78, 5) is 12.2. The molecular weight excluding hydrogens is 216 g/mol. The maximum Gasteiger partial charge on any atom is 0.321 e. The standard InChI is InChI=1S/C8H14N4O2S/c1-3-9-6-10-7(14-2)12-8(11-6)15-5-4-13/h13H,3-5H2,1-2H3,(H,9,10,11,12). The van der Waals surface area contributed by atoms with Crippen LogP contribution in [-0.4, -0.2) is 46.1 Å². The number of hydrogen-bond donors (Lipinski definition) is 2. The first kappa shape index (κ1) is 12.0. The van der Waals surface area contributed by atoms with Crippen LogP contribution in [0.5, 0.6) is 6.01 Å². The van der Waals surface area contributed by atoms with E-state index in [1.165, 1.54) is 18.9 Å². The second-order valence-electron chi connectivity index (χ2n) is 2.53. The predicted molar refractivity (Wildman–Crippen MR) is 58.4 cm³/mol. The number of rotatable bonds is 6. The van der Waals surface area contributed by atoms with Crippen molar-refractivity contribution in [1.82, 2.24) is 15.0 Å². The molecule has 0 saturated carbocycles. The Kier molecular flexibility index (Phi) is 5.13. The predicted octanol–water partition coefficient (Wildman–Crippen LogP) is 0.396. The van der Waals surface area contributed by atoms with Crippen molar-refractivity contribution in [2.45, 2.75) is 12.1 Å². The van der Waals surface area contributed by atoms with Crippen LogP contribution in [0.15, 0.2) is 5.16 Å². The minimum atomic E-state index is 0.0925. The molecule has 1 aromatic rings. The summed E-state index contributed by atoms with van der Waals surface area (Å²) in [5, 5.41) is 12.2. The SMILES string of the molecule is CCNc1nc(OC)nc(SCCO)n1. The lowest BCUT2D eigenvalue weighted by molar-refractivity contribution is 0.322. The number of methoxy groups -OCH3 is 1. The van der Waals surface area contributed by atoms with Crippen molar-refractivity contribution in [2.75, 3.05) is 31.3 Å². The molecule has 0 aliphatic rings. The monoisotopic (exact) mass is 230 g/mol. The molecule has 2 N–H and O–H groups in total.